The Bertz CT molecular complexity index is 791. The molecule has 2 N–H and O–H groups in total. The van der Waals surface area contributed by atoms with E-state index in [2.05, 4.69) is 9.97 Å². The fraction of sp³-hybridized carbons (Fsp3) is 0. The zero-order chi connectivity index (χ0) is 13.2. The summed E-state index contributed by atoms with van der Waals surface area (Å²) in [5.74, 6) is 0. The lowest BCUT2D eigenvalue weighted by molar-refractivity contribution is 0.489. The molecule has 0 aliphatic heterocycles. The van der Waals surface area contributed by atoms with E-state index in [0.29, 0.717) is 27.2 Å². The summed E-state index contributed by atoms with van der Waals surface area (Å²) in [5, 5.41) is 9.94. The Morgan fingerprint density at radius 3 is 2.95 bits per heavy atom. The quantitative estimate of drug-likeness (QED) is 0.719. The van der Waals surface area contributed by atoms with Crippen molar-refractivity contribution in [3.8, 4) is 6.07 Å². The summed E-state index contributed by atoms with van der Waals surface area (Å²) in [4.78, 5) is 8.47. The standard InChI is InChI=1S/C13H8N4OS/c14-7-9-2-1-3-12(16-9)19-13-17-10-5-4-8(15)6-11(10)18-13/h1-6H,15H2. The lowest BCUT2D eigenvalue weighted by atomic mass is 10.3. The van der Waals surface area contributed by atoms with Gasteiger partial charge in [0.2, 0.25) is 0 Å². The second-order valence-corrected chi connectivity index (χ2v) is 4.75. The molecule has 19 heavy (non-hydrogen) atoms. The molecule has 0 amide bonds. The minimum atomic E-state index is 0.366. The van der Waals surface area contributed by atoms with E-state index >= 15 is 0 Å². The molecule has 92 valence electrons. The lowest BCUT2D eigenvalue weighted by Gasteiger charge is -1.95. The summed E-state index contributed by atoms with van der Waals surface area (Å²) in [6.07, 6.45) is 0. The number of rotatable bonds is 2. The van der Waals surface area contributed by atoms with Crippen LogP contribution in [0.2, 0.25) is 0 Å². The number of nitrogen functional groups attached to an aromatic ring is 1. The van der Waals surface area contributed by atoms with Crippen molar-refractivity contribution in [3.05, 3.63) is 42.1 Å². The van der Waals surface area contributed by atoms with E-state index in [0.717, 1.165) is 5.52 Å². The summed E-state index contributed by atoms with van der Waals surface area (Å²) in [6, 6.07) is 12.5. The Hall–Kier alpha value is -2.52. The van der Waals surface area contributed by atoms with Crippen molar-refractivity contribution in [2.75, 3.05) is 5.73 Å². The van der Waals surface area contributed by atoms with Crippen molar-refractivity contribution in [1.29, 1.82) is 5.26 Å². The summed E-state index contributed by atoms with van der Waals surface area (Å²) in [5.41, 5.74) is 8.06. The molecule has 2 aromatic heterocycles. The van der Waals surface area contributed by atoms with Gasteiger partial charge in [-0.25, -0.2) is 9.97 Å². The molecule has 3 rings (SSSR count). The van der Waals surface area contributed by atoms with Gasteiger partial charge >= 0.3 is 0 Å². The first-order valence-electron chi connectivity index (χ1n) is 5.46. The van der Waals surface area contributed by atoms with E-state index in [1.807, 2.05) is 6.07 Å². The van der Waals surface area contributed by atoms with Crippen LogP contribution in [0.5, 0.6) is 0 Å². The number of anilines is 1. The average molecular weight is 268 g/mol. The molecule has 0 aliphatic carbocycles. The van der Waals surface area contributed by atoms with E-state index in [1.165, 1.54) is 11.8 Å². The van der Waals surface area contributed by atoms with Crippen molar-refractivity contribution in [2.24, 2.45) is 0 Å². The molecule has 0 bridgehead atoms. The third-order valence-electron chi connectivity index (χ3n) is 2.42. The summed E-state index contributed by atoms with van der Waals surface area (Å²) in [6.45, 7) is 0. The Morgan fingerprint density at radius 1 is 1.21 bits per heavy atom. The number of nitrogens with zero attached hydrogens (tertiary/aromatic N) is 3. The van der Waals surface area contributed by atoms with Crippen molar-refractivity contribution in [2.45, 2.75) is 10.2 Å². The molecule has 3 aromatic rings. The van der Waals surface area contributed by atoms with Gasteiger partial charge in [0.15, 0.2) is 5.58 Å². The average Bonchev–Trinajstić information content (AvgIpc) is 2.80. The zero-order valence-corrected chi connectivity index (χ0v) is 10.5. The van der Waals surface area contributed by atoms with Crippen molar-refractivity contribution in [3.63, 3.8) is 0 Å². The smallest absolute Gasteiger partial charge is 0.263 e. The maximum absolute atomic E-state index is 8.80. The van der Waals surface area contributed by atoms with Crippen LogP contribution >= 0.6 is 11.8 Å². The number of pyridine rings is 1. The first-order chi connectivity index (χ1) is 9.24. The van der Waals surface area contributed by atoms with E-state index in [9.17, 15) is 0 Å². The highest BCUT2D eigenvalue weighted by Crippen LogP contribution is 2.29. The molecule has 0 unspecified atom stereocenters. The number of fused-ring (bicyclic) bond motifs is 1. The van der Waals surface area contributed by atoms with E-state index in [4.69, 9.17) is 15.4 Å². The number of nitrogens with two attached hydrogens (primary N) is 1. The number of oxazole rings is 1. The van der Waals surface area contributed by atoms with Crippen molar-refractivity contribution in [1.82, 2.24) is 9.97 Å². The molecule has 0 fully saturated rings. The summed E-state index contributed by atoms with van der Waals surface area (Å²) >= 11 is 1.27. The number of hydrogen-bond acceptors (Lipinski definition) is 6. The highest BCUT2D eigenvalue weighted by Gasteiger charge is 2.09. The zero-order valence-electron chi connectivity index (χ0n) is 9.70. The van der Waals surface area contributed by atoms with Gasteiger partial charge in [-0.1, -0.05) is 6.07 Å². The molecule has 0 radical (unpaired) electrons. The van der Waals surface area contributed by atoms with E-state index in [1.54, 1.807) is 36.4 Å². The molecule has 0 aliphatic rings. The third-order valence-corrected chi connectivity index (χ3v) is 3.21. The summed E-state index contributed by atoms with van der Waals surface area (Å²) < 4.78 is 5.58. The maximum atomic E-state index is 8.80. The second-order valence-electron chi connectivity index (χ2n) is 3.78. The van der Waals surface area contributed by atoms with E-state index in [-0.39, 0.29) is 0 Å². The van der Waals surface area contributed by atoms with Crippen LogP contribution in [-0.4, -0.2) is 9.97 Å². The molecule has 5 nitrogen and oxygen atoms in total. The van der Waals surface area contributed by atoms with Gasteiger partial charge in [-0.3, -0.25) is 0 Å². The van der Waals surface area contributed by atoms with Gasteiger partial charge in [-0.2, -0.15) is 5.26 Å². The van der Waals surface area contributed by atoms with Crippen LogP contribution in [0.15, 0.2) is 51.1 Å². The number of nitriles is 1. The molecular formula is C13H8N4OS. The van der Waals surface area contributed by atoms with Crippen molar-refractivity contribution < 1.29 is 4.42 Å². The van der Waals surface area contributed by atoms with Gasteiger partial charge < -0.3 is 10.2 Å². The lowest BCUT2D eigenvalue weighted by Crippen LogP contribution is -1.84. The first kappa shape index (κ1) is 11.6. The SMILES string of the molecule is N#Cc1cccc(Sc2nc3ccc(N)cc3o2)n1. The highest BCUT2D eigenvalue weighted by molar-refractivity contribution is 7.99. The predicted octanol–water partition coefficient (Wildman–Crippen LogP) is 2.83. The van der Waals surface area contributed by atoms with Crippen LogP contribution in [0.1, 0.15) is 5.69 Å². The molecule has 2 heterocycles. The van der Waals surface area contributed by atoms with Gasteiger partial charge in [0.05, 0.1) is 0 Å². The Balaban J connectivity index is 1.94. The van der Waals surface area contributed by atoms with Crippen LogP contribution in [0.25, 0.3) is 11.1 Å². The second kappa shape index (κ2) is 4.63. The van der Waals surface area contributed by atoms with Crippen LogP contribution < -0.4 is 5.73 Å². The molecular weight excluding hydrogens is 260 g/mol. The molecule has 1 aromatic carbocycles. The van der Waals surface area contributed by atoms with Crippen LogP contribution in [0.3, 0.4) is 0 Å². The fourth-order valence-electron chi connectivity index (χ4n) is 1.59. The topological polar surface area (TPSA) is 88.7 Å². The first-order valence-corrected chi connectivity index (χ1v) is 6.27. The molecule has 0 saturated carbocycles. The van der Waals surface area contributed by atoms with E-state index < -0.39 is 0 Å². The Labute approximate surface area is 113 Å². The molecule has 0 spiro atoms. The van der Waals surface area contributed by atoms with Crippen LogP contribution in [0, 0.1) is 11.3 Å². The minimum Gasteiger partial charge on any atom is -0.431 e. The van der Waals surface area contributed by atoms with Gasteiger partial charge in [0, 0.05) is 11.8 Å². The maximum Gasteiger partial charge on any atom is 0.263 e. The number of aromatic nitrogens is 2. The van der Waals surface area contributed by atoms with Crippen LogP contribution in [0.4, 0.5) is 5.69 Å². The van der Waals surface area contributed by atoms with Crippen molar-refractivity contribution >= 4 is 28.5 Å². The number of hydrogen-bond donors (Lipinski definition) is 1. The van der Waals surface area contributed by atoms with Crippen LogP contribution in [-0.2, 0) is 0 Å². The third kappa shape index (κ3) is 2.37. The fourth-order valence-corrected chi connectivity index (χ4v) is 2.33. The molecule has 0 saturated heterocycles. The monoisotopic (exact) mass is 268 g/mol. The predicted molar refractivity (Wildman–Crippen MR) is 71.5 cm³/mol. The highest BCUT2D eigenvalue weighted by atomic mass is 32.2. The number of benzene rings is 1. The Kier molecular flexibility index (Phi) is 2.82. The summed E-state index contributed by atoms with van der Waals surface area (Å²) in [7, 11) is 0. The minimum absolute atomic E-state index is 0.366. The van der Waals surface area contributed by atoms with Gasteiger partial charge in [0.25, 0.3) is 5.22 Å². The van der Waals surface area contributed by atoms with Gasteiger partial charge in [-0.15, -0.1) is 0 Å². The van der Waals surface area contributed by atoms with Gasteiger partial charge in [0.1, 0.15) is 22.3 Å². The Morgan fingerprint density at radius 2 is 2.11 bits per heavy atom. The van der Waals surface area contributed by atoms with Gasteiger partial charge in [-0.05, 0) is 36.0 Å². The largest absolute Gasteiger partial charge is 0.431 e. The molecule has 0 atom stereocenters. The molecule has 6 heteroatoms. The normalized spacial score (nSPS) is 10.5.